The number of carboxylic acids is 1. The van der Waals surface area contributed by atoms with E-state index in [4.69, 9.17) is 9.84 Å². The lowest BCUT2D eigenvalue weighted by atomic mass is 10.1. The van der Waals surface area contributed by atoms with Gasteiger partial charge in [0.15, 0.2) is 0 Å². The highest BCUT2D eigenvalue weighted by atomic mass is 79.9. The van der Waals surface area contributed by atoms with E-state index < -0.39 is 18.0 Å². The number of thiazole rings is 1. The van der Waals surface area contributed by atoms with Crippen LogP contribution in [0.5, 0.6) is 0 Å². The molecule has 15 heavy (non-hydrogen) atoms. The summed E-state index contributed by atoms with van der Waals surface area (Å²) in [4.78, 5) is 15.1. The molecule has 0 spiro atoms. The number of aliphatic carboxylic acids is 1. The first-order valence-corrected chi connectivity index (χ1v) is 6.18. The summed E-state index contributed by atoms with van der Waals surface area (Å²) in [5.74, 6) is -1.47. The van der Waals surface area contributed by atoms with Gasteiger partial charge in [0.2, 0.25) is 0 Å². The molecule has 0 fully saturated rings. The zero-order chi connectivity index (χ0) is 11.4. The van der Waals surface area contributed by atoms with Gasteiger partial charge in [0.1, 0.15) is 15.7 Å². The maximum atomic E-state index is 10.9. The minimum Gasteiger partial charge on any atom is -0.481 e. The summed E-state index contributed by atoms with van der Waals surface area (Å²) in [6, 6.07) is 0. The van der Waals surface area contributed by atoms with E-state index in [1.807, 2.05) is 12.3 Å². The maximum absolute atomic E-state index is 10.9. The van der Waals surface area contributed by atoms with E-state index >= 15 is 0 Å². The lowest BCUT2D eigenvalue weighted by Gasteiger charge is -2.18. The number of aromatic nitrogens is 1. The summed E-state index contributed by atoms with van der Waals surface area (Å²) < 4.78 is 6.12. The smallest absolute Gasteiger partial charge is 0.309 e. The van der Waals surface area contributed by atoms with Crippen LogP contribution < -0.4 is 0 Å². The van der Waals surface area contributed by atoms with Crippen molar-refractivity contribution >= 4 is 33.2 Å². The van der Waals surface area contributed by atoms with Gasteiger partial charge in [0, 0.05) is 12.0 Å². The van der Waals surface area contributed by atoms with Crippen molar-refractivity contribution in [2.45, 2.75) is 20.0 Å². The van der Waals surface area contributed by atoms with Crippen molar-refractivity contribution in [3.05, 3.63) is 15.0 Å². The lowest BCUT2D eigenvalue weighted by Crippen LogP contribution is -2.21. The molecule has 1 rings (SSSR count). The number of carbonyl (C=O) groups is 1. The fraction of sp³-hybridized carbons (Fsp3) is 0.556. The van der Waals surface area contributed by atoms with Crippen LogP contribution in [0.25, 0.3) is 0 Å². The highest BCUT2D eigenvalue weighted by Gasteiger charge is 2.28. The predicted molar refractivity (Wildman–Crippen MR) is 61.0 cm³/mol. The Morgan fingerprint density at radius 1 is 1.80 bits per heavy atom. The van der Waals surface area contributed by atoms with E-state index in [-0.39, 0.29) is 0 Å². The standard InChI is InChI=1S/C9H12BrNO3S/c1-3-14-7(5(2)9(12)13)8-11-6(10)4-15-8/h4-5,7H,3H2,1-2H3,(H,12,13)/t5-,7-/m0/s1. The molecule has 0 radical (unpaired) electrons. The van der Waals surface area contributed by atoms with Crippen molar-refractivity contribution in [1.29, 1.82) is 0 Å². The Bertz CT molecular complexity index is 342. The minimum absolute atomic E-state index is 0.469. The molecular weight excluding hydrogens is 282 g/mol. The third-order valence-corrected chi connectivity index (χ3v) is 3.54. The molecule has 0 unspecified atom stereocenters. The van der Waals surface area contributed by atoms with Crippen LogP contribution in [0.3, 0.4) is 0 Å². The van der Waals surface area contributed by atoms with Gasteiger partial charge in [-0.3, -0.25) is 4.79 Å². The van der Waals surface area contributed by atoms with Crippen molar-refractivity contribution in [3.8, 4) is 0 Å². The topological polar surface area (TPSA) is 59.4 Å². The highest BCUT2D eigenvalue weighted by molar-refractivity contribution is 9.10. The van der Waals surface area contributed by atoms with Crippen LogP contribution in [-0.2, 0) is 9.53 Å². The van der Waals surface area contributed by atoms with Gasteiger partial charge >= 0.3 is 5.97 Å². The Morgan fingerprint density at radius 3 is 2.87 bits per heavy atom. The van der Waals surface area contributed by atoms with Gasteiger partial charge in [-0.1, -0.05) is 0 Å². The lowest BCUT2D eigenvalue weighted by molar-refractivity contribution is -0.146. The first-order chi connectivity index (χ1) is 7.06. The van der Waals surface area contributed by atoms with Crippen molar-refractivity contribution in [2.24, 2.45) is 5.92 Å². The molecule has 0 saturated carbocycles. The Kier molecular flexibility index (Phi) is 4.69. The average molecular weight is 294 g/mol. The third-order valence-electron chi connectivity index (χ3n) is 1.93. The molecule has 1 aromatic heterocycles. The summed E-state index contributed by atoms with van der Waals surface area (Å²) in [7, 11) is 0. The largest absolute Gasteiger partial charge is 0.481 e. The number of halogens is 1. The molecule has 0 bridgehead atoms. The molecular formula is C9H12BrNO3S. The monoisotopic (exact) mass is 293 g/mol. The molecule has 0 aliphatic rings. The fourth-order valence-corrected chi connectivity index (χ4v) is 2.55. The normalized spacial score (nSPS) is 14.9. The Morgan fingerprint density at radius 2 is 2.47 bits per heavy atom. The quantitative estimate of drug-likeness (QED) is 0.907. The molecule has 2 atom stereocenters. The predicted octanol–water partition coefficient (Wildman–Crippen LogP) is 2.70. The van der Waals surface area contributed by atoms with E-state index in [9.17, 15) is 4.79 Å². The number of hydrogen-bond donors (Lipinski definition) is 1. The SMILES string of the molecule is CCO[C@H](c1nc(Br)cs1)[C@H](C)C(=O)O. The highest BCUT2D eigenvalue weighted by Crippen LogP contribution is 2.30. The van der Waals surface area contributed by atoms with Gasteiger partial charge in [-0.05, 0) is 29.8 Å². The first-order valence-electron chi connectivity index (χ1n) is 4.51. The van der Waals surface area contributed by atoms with Crippen LogP contribution in [0.4, 0.5) is 0 Å². The van der Waals surface area contributed by atoms with Gasteiger partial charge < -0.3 is 9.84 Å². The molecule has 1 aromatic rings. The summed E-state index contributed by atoms with van der Waals surface area (Å²) in [6.45, 7) is 3.93. The Labute approximate surface area is 100 Å². The molecule has 1 N–H and O–H groups in total. The van der Waals surface area contributed by atoms with E-state index in [0.29, 0.717) is 16.2 Å². The van der Waals surface area contributed by atoms with E-state index in [2.05, 4.69) is 20.9 Å². The second-order valence-corrected chi connectivity index (χ2v) is 4.71. The molecule has 84 valence electrons. The second-order valence-electron chi connectivity index (χ2n) is 3.01. The molecule has 6 heteroatoms. The van der Waals surface area contributed by atoms with Gasteiger partial charge in [-0.2, -0.15) is 0 Å². The van der Waals surface area contributed by atoms with Crippen LogP contribution in [0.2, 0.25) is 0 Å². The zero-order valence-electron chi connectivity index (χ0n) is 8.44. The van der Waals surface area contributed by atoms with Crippen molar-refractivity contribution in [1.82, 2.24) is 4.98 Å². The van der Waals surface area contributed by atoms with Crippen LogP contribution in [0.15, 0.2) is 9.98 Å². The van der Waals surface area contributed by atoms with Gasteiger partial charge in [-0.25, -0.2) is 4.98 Å². The summed E-state index contributed by atoms with van der Waals surface area (Å²) in [5.41, 5.74) is 0. The molecule has 4 nitrogen and oxygen atoms in total. The molecule has 0 aromatic carbocycles. The van der Waals surface area contributed by atoms with E-state index in [1.165, 1.54) is 11.3 Å². The molecule has 0 amide bonds. The number of nitrogens with zero attached hydrogens (tertiary/aromatic N) is 1. The van der Waals surface area contributed by atoms with Crippen LogP contribution in [0, 0.1) is 5.92 Å². The number of carboxylic acid groups (broad SMARTS) is 1. The van der Waals surface area contributed by atoms with Crippen LogP contribution >= 0.6 is 27.3 Å². The fourth-order valence-electron chi connectivity index (χ4n) is 1.14. The van der Waals surface area contributed by atoms with E-state index in [0.717, 1.165) is 0 Å². The third kappa shape index (κ3) is 3.25. The van der Waals surface area contributed by atoms with Gasteiger partial charge in [-0.15, -0.1) is 11.3 Å². The summed E-state index contributed by atoms with van der Waals surface area (Å²) in [6.07, 6.45) is -0.469. The average Bonchev–Trinajstić information content (AvgIpc) is 2.60. The van der Waals surface area contributed by atoms with E-state index in [1.54, 1.807) is 6.92 Å². The summed E-state index contributed by atoms with van der Waals surface area (Å²) in [5, 5.41) is 11.4. The molecule has 0 aliphatic heterocycles. The van der Waals surface area contributed by atoms with Crippen molar-refractivity contribution in [2.75, 3.05) is 6.61 Å². The Hall–Kier alpha value is -0.460. The molecule has 0 saturated heterocycles. The molecule has 1 heterocycles. The number of rotatable bonds is 5. The first kappa shape index (κ1) is 12.6. The number of ether oxygens (including phenoxy) is 1. The summed E-state index contributed by atoms with van der Waals surface area (Å²) >= 11 is 4.63. The van der Waals surface area contributed by atoms with Crippen molar-refractivity contribution in [3.63, 3.8) is 0 Å². The second kappa shape index (κ2) is 5.58. The number of hydrogen-bond acceptors (Lipinski definition) is 4. The molecule has 0 aliphatic carbocycles. The van der Waals surface area contributed by atoms with Crippen LogP contribution in [-0.4, -0.2) is 22.7 Å². The van der Waals surface area contributed by atoms with Gasteiger partial charge in [0.25, 0.3) is 0 Å². The van der Waals surface area contributed by atoms with Gasteiger partial charge in [0.05, 0.1) is 5.92 Å². The maximum Gasteiger partial charge on any atom is 0.309 e. The minimum atomic E-state index is -0.875. The van der Waals surface area contributed by atoms with Crippen LogP contribution in [0.1, 0.15) is 25.0 Å². The Balaban J connectivity index is 2.87. The van der Waals surface area contributed by atoms with Crippen molar-refractivity contribution < 1.29 is 14.6 Å². The zero-order valence-corrected chi connectivity index (χ0v) is 10.8.